The molecule has 1 aliphatic rings. The lowest BCUT2D eigenvalue weighted by atomic mass is 9.99. The number of imide groups is 1. The maximum atomic E-state index is 15.1. The molecule has 1 atom stereocenters. The van der Waals surface area contributed by atoms with Crippen LogP contribution in [0.1, 0.15) is 74.3 Å². The van der Waals surface area contributed by atoms with Crippen LogP contribution in [-0.4, -0.2) is 86.3 Å². The molecular weight excluding hydrogens is 721 g/mol. The van der Waals surface area contributed by atoms with E-state index in [1.807, 2.05) is 4.90 Å². The zero-order valence-corrected chi connectivity index (χ0v) is 31.4. The number of aromatic nitrogens is 4. The van der Waals surface area contributed by atoms with Crippen molar-refractivity contribution in [1.82, 2.24) is 24.8 Å². The average molecular weight is 765 g/mol. The number of rotatable bonds is 6. The van der Waals surface area contributed by atoms with Crippen molar-refractivity contribution < 1.29 is 42.5 Å². The Morgan fingerprint density at radius 3 is 2.10 bits per heavy atom. The number of alkyl carbamates (subject to hydrolysis) is 1. The van der Waals surface area contributed by atoms with Gasteiger partial charge in [-0.05, 0) is 90.4 Å². The summed E-state index contributed by atoms with van der Waals surface area (Å²) in [6, 6.07) is 2.86. The minimum absolute atomic E-state index is 0.000718. The molecule has 0 spiro atoms. The first-order valence-electron chi connectivity index (χ1n) is 15.8. The van der Waals surface area contributed by atoms with Gasteiger partial charge in [-0.15, -0.1) is 0 Å². The summed E-state index contributed by atoms with van der Waals surface area (Å²) >= 11 is 3.38. The number of anilines is 2. The number of nitrogens with one attached hydrogen (secondary N) is 1. The number of imidazole rings is 1. The van der Waals surface area contributed by atoms with Crippen molar-refractivity contribution in [2.75, 3.05) is 30.0 Å². The Morgan fingerprint density at radius 2 is 1.54 bits per heavy atom. The van der Waals surface area contributed by atoms with Crippen LogP contribution in [0.3, 0.4) is 0 Å². The van der Waals surface area contributed by atoms with Crippen molar-refractivity contribution in [3.63, 3.8) is 0 Å². The molecule has 0 saturated carbocycles. The van der Waals surface area contributed by atoms with Gasteiger partial charge in [-0.3, -0.25) is 0 Å². The van der Waals surface area contributed by atoms with Crippen molar-refractivity contribution >= 4 is 62.8 Å². The van der Waals surface area contributed by atoms with E-state index in [2.05, 4.69) is 36.2 Å². The highest BCUT2D eigenvalue weighted by Crippen LogP contribution is 2.37. The molecule has 1 saturated heterocycles. The molecule has 4 rings (SSSR count). The molecule has 2 aromatic heterocycles. The van der Waals surface area contributed by atoms with Gasteiger partial charge < -0.3 is 33.7 Å². The van der Waals surface area contributed by atoms with Crippen LogP contribution < -0.4 is 15.1 Å². The lowest BCUT2D eigenvalue weighted by molar-refractivity contribution is -0.147. The zero-order chi connectivity index (χ0) is 37.4. The Balaban J connectivity index is 1.74. The first-order chi connectivity index (χ1) is 23.0. The third-order valence-electron chi connectivity index (χ3n) is 7.17. The number of carbonyl (C=O) groups is 4. The van der Waals surface area contributed by atoms with E-state index in [1.165, 1.54) is 19.5 Å². The van der Waals surface area contributed by atoms with E-state index < -0.39 is 52.4 Å². The monoisotopic (exact) mass is 763 g/mol. The van der Waals surface area contributed by atoms with Gasteiger partial charge in [0.1, 0.15) is 28.9 Å². The summed E-state index contributed by atoms with van der Waals surface area (Å²) in [5.74, 6) is -1.38. The first-order valence-corrected chi connectivity index (χ1v) is 16.6. The molecule has 3 amide bonds. The Morgan fingerprint density at radius 1 is 0.940 bits per heavy atom. The minimum atomic E-state index is -1.44. The largest absolute Gasteiger partial charge is 0.467 e. The second-order valence-corrected chi connectivity index (χ2v) is 15.6. The molecule has 1 N–H and O–H groups in total. The van der Waals surface area contributed by atoms with Gasteiger partial charge in [-0.25, -0.2) is 38.5 Å². The maximum Gasteiger partial charge on any atom is 0.425 e. The Bertz CT molecular complexity index is 1770. The summed E-state index contributed by atoms with van der Waals surface area (Å²) in [5, 5.41) is 2.70. The number of amides is 3. The number of methoxy groups -OCH3 is 1. The highest BCUT2D eigenvalue weighted by atomic mass is 79.9. The minimum Gasteiger partial charge on any atom is -0.467 e. The van der Waals surface area contributed by atoms with Crippen LogP contribution in [0.5, 0.6) is 0 Å². The van der Waals surface area contributed by atoms with Gasteiger partial charge in [0, 0.05) is 24.2 Å². The number of carbonyl (C=O) groups excluding carboxylic acids is 4. The van der Waals surface area contributed by atoms with E-state index in [1.54, 1.807) is 72.9 Å². The smallest absolute Gasteiger partial charge is 0.425 e. The summed E-state index contributed by atoms with van der Waals surface area (Å²) in [7, 11) is 1.23. The molecule has 3 aromatic rings. The lowest BCUT2D eigenvalue weighted by Crippen LogP contribution is -2.57. The number of benzene rings is 1. The first kappa shape index (κ1) is 38.3. The van der Waals surface area contributed by atoms with Crippen LogP contribution in [-0.2, 0) is 30.3 Å². The number of hydrogen-bond donors (Lipinski definition) is 1. The van der Waals surface area contributed by atoms with Gasteiger partial charge in [0.2, 0.25) is 0 Å². The summed E-state index contributed by atoms with van der Waals surface area (Å²) in [4.78, 5) is 68.0. The zero-order valence-electron chi connectivity index (χ0n) is 29.8. The van der Waals surface area contributed by atoms with Crippen LogP contribution in [0, 0.1) is 5.82 Å². The predicted molar refractivity (Wildman–Crippen MR) is 184 cm³/mol. The van der Waals surface area contributed by atoms with E-state index in [0.717, 1.165) is 6.33 Å². The number of esters is 1. The van der Waals surface area contributed by atoms with Crippen molar-refractivity contribution in [2.45, 2.75) is 97.6 Å². The van der Waals surface area contributed by atoms with E-state index in [-0.39, 0.29) is 41.0 Å². The molecule has 0 bridgehead atoms. The molecule has 0 radical (unpaired) electrons. The van der Waals surface area contributed by atoms with Crippen LogP contribution in [0.4, 0.5) is 30.3 Å². The number of ether oxygens (including phenoxy) is 4. The van der Waals surface area contributed by atoms with E-state index >= 15 is 4.39 Å². The molecule has 1 fully saturated rings. The van der Waals surface area contributed by atoms with Crippen LogP contribution in [0.2, 0.25) is 0 Å². The maximum absolute atomic E-state index is 15.1. The number of nitrogens with zero attached hydrogens (tertiary/aromatic N) is 6. The van der Waals surface area contributed by atoms with Gasteiger partial charge in [0.05, 0.1) is 31.0 Å². The summed E-state index contributed by atoms with van der Waals surface area (Å²) in [5.41, 5.74) is -2.85. The topological polar surface area (TPSA) is 167 Å². The highest BCUT2D eigenvalue weighted by molar-refractivity contribution is 9.10. The molecule has 1 aliphatic heterocycles. The molecule has 0 aliphatic carbocycles. The fraction of sp³-hybridized carbons (Fsp3) is 0.545. The summed E-state index contributed by atoms with van der Waals surface area (Å²) in [6.07, 6.45) is -0.0777. The Kier molecular flexibility index (Phi) is 10.7. The van der Waals surface area contributed by atoms with Crippen molar-refractivity contribution in [3.05, 3.63) is 40.6 Å². The second kappa shape index (κ2) is 14.0. The van der Waals surface area contributed by atoms with Crippen molar-refractivity contribution in [3.8, 4) is 0 Å². The SMILES string of the molecule is COC(=O)[C@@]1(NC(=O)OC(C)(C)C)CCN(c2ccc(F)c(Br)c2Cn2cnc3c(N(C(=O)OC(C)(C)C)C(=O)OC(C)(C)C)ncnc32)C1. The fourth-order valence-corrected chi connectivity index (χ4v) is 5.70. The van der Waals surface area contributed by atoms with Gasteiger partial charge in [-0.2, -0.15) is 4.90 Å². The van der Waals surface area contributed by atoms with E-state index in [0.29, 0.717) is 22.7 Å². The predicted octanol–water partition coefficient (Wildman–Crippen LogP) is 6.10. The fourth-order valence-electron chi connectivity index (χ4n) is 5.24. The normalized spacial score (nSPS) is 16.6. The van der Waals surface area contributed by atoms with Crippen LogP contribution in [0.15, 0.2) is 29.3 Å². The molecule has 17 heteroatoms. The van der Waals surface area contributed by atoms with Gasteiger partial charge >= 0.3 is 24.2 Å². The van der Waals surface area contributed by atoms with Gasteiger partial charge in [-0.1, -0.05) is 0 Å². The standard InChI is InChI=1S/C33H43BrFN7O8/c1-30(2,3)48-27(44)39-33(26(43)47-10)13-14-40(16-33)21-12-11-20(35)22(34)19(21)15-41-18-38-23-24(41)36-17-37-25(23)42(28(45)49-31(4,5)6)29(46)50-32(7,8)9/h11-12,17-18H,13-16H2,1-10H3,(H,39,44)/t33-/m1/s1. The number of hydrogen-bond acceptors (Lipinski definition) is 12. The summed E-state index contributed by atoms with van der Waals surface area (Å²) < 4.78 is 38.3. The second-order valence-electron chi connectivity index (χ2n) is 14.8. The van der Waals surface area contributed by atoms with Crippen molar-refractivity contribution in [1.29, 1.82) is 0 Å². The third kappa shape index (κ3) is 8.78. The summed E-state index contributed by atoms with van der Waals surface area (Å²) in [6.45, 7) is 15.3. The van der Waals surface area contributed by atoms with Crippen molar-refractivity contribution in [2.24, 2.45) is 0 Å². The van der Waals surface area contributed by atoms with Gasteiger partial charge in [0.15, 0.2) is 22.5 Å². The molecule has 50 heavy (non-hydrogen) atoms. The average Bonchev–Trinajstić information content (AvgIpc) is 3.58. The number of halogens is 2. The molecule has 272 valence electrons. The Hall–Kier alpha value is -4.54. The molecule has 1 aromatic carbocycles. The highest BCUT2D eigenvalue weighted by Gasteiger charge is 2.48. The molecular formula is C33H43BrFN7O8. The quantitative estimate of drug-likeness (QED) is 0.227. The van der Waals surface area contributed by atoms with Crippen LogP contribution >= 0.6 is 15.9 Å². The molecule has 15 nitrogen and oxygen atoms in total. The molecule has 0 unspecified atom stereocenters. The van der Waals surface area contributed by atoms with E-state index in [9.17, 15) is 19.2 Å². The molecule has 3 heterocycles. The lowest BCUT2D eigenvalue weighted by Gasteiger charge is -2.30. The van der Waals surface area contributed by atoms with E-state index in [4.69, 9.17) is 18.9 Å². The Labute approximate surface area is 297 Å². The van der Waals surface area contributed by atoms with Gasteiger partial charge in [0.25, 0.3) is 0 Å². The third-order valence-corrected chi connectivity index (χ3v) is 8.03. The number of fused-ring (bicyclic) bond motifs is 1. The van der Waals surface area contributed by atoms with Crippen LogP contribution in [0.25, 0.3) is 11.2 Å².